The molecule has 0 saturated carbocycles. The maximum atomic E-state index is 13.2. The zero-order valence-electron chi connectivity index (χ0n) is 17.7. The molecule has 0 amide bonds. The van der Waals surface area contributed by atoms with Gasteiger partial charge in [-0.25, -0.2) is 9.37 Å². The second kappa shape index (κ2) is 14.2. The van der Waals surface area contributed by atoms with Crippen molar-refractivity contribution in [1.29, 1.82) is 0 Å². The minimum atomic E-state index is -0.345. The molecule has 1 aliphatic heterocycles. The highest BCUT2D eigenvalue weighted by molar-refractivity contribution is 14.0. The standard InChI is InChI=1S/C22H29FN4O3.HI/c1-24-22(25-9-3-10-28-15-18-8-11-29-16-18)27-14-17-6-7-21(26-13-17)30-20-5-2-4-19(23)12-20;/h2,4-7,12-13,18H,3,8-11,14-16H2,1H3,(H2,24,25,27);1H. The zero-order valence-corrected chi connectivity index (χ0v) is 20.0. The summed E-state index contributed by atoms with van der Waals surface area (Å²) in [4.78, 5) is 8.49. The second-order valence-corrected chi connectivity index (χ2v) is 7.07. The molecule has 1 aliphatic rings. The smallest absolute Gasteiger partial charge is 0.219 e. The van der Waals surface area contributed by atoms with Gasteiger partial charge >= 0.3 is 0 Å². The third kappa shape index (κ3) is 9.36. The first-order chi connectivity index (χ1) is 14.7. The van der Waals surface area contributed by atoms with Crippen molar-refractivity contribution < 1.29 is 18.6 Å². The fourth-order valence-corrected chi connectivity index (χ4v) is 2.98. The first-order valence-electron chi connectivity index (χ1n) is 10.2. The van der Waals surface area contributed by atoms with Crippen molar-refractivity contribution in [2.24, 2.45) is 10.9 Å². The lowest BCUT2D eigenvalue weighted by Gasteiger charge is -2.13. The van der Waals surface area contributed by atoms with Gasteiger partial charge in [-0.3, -0.25) is 4.99 Å². The van der Waals surface area contributed by atoms with Crippen LogP contribution in [-0.2, 0) is 16.0 Å². The van der Waals surface area contributed by atoms with Crippen molar-refractivity contribution in [2.45, 2.75) is 19.4 Å². The van der Waals surface area contributed by atoms with Gasteiger partial charge in [0.15, 0.2) is 5.96 Å². The topological polar surface area (TPSA) is 77.0 Å². The number of nitrogens with one attached hydrogen (secondary N) is 2. The number of rotatable bonds is 10. The number of halogens is 2. The largest absolute Gasteiger partial charge is 0.439 e. The van der Waals surface area contributed by atoms with Gasteiger partial charge in [0.2, 0.25) is 5.88 Å². The van der Waals surface area contributed by atoms with Crippen LogP contribution >= 0.6 is 24.0 Å². The van der Waals surface area contributed by atoms with Crippen molar-refractivity contribution in [1.82, 2.24) is 15.6 Å². The predicted molar refractivity (Wildman–Crippen MR) is 129 cm³/mol. The number of benzene rings is 1. The molecule has 0 bridgehead atoms. The van der Waals surface area contributed by atoms with E-state index in [4.69, 9.17) is 14.2 Å². The van der Waals surface area contributed by atoms with Crippen LogP contribution in [0, 0.1) is 11.7 Å². The molecule has 1 aromatic heterocycles. The lowest BCUT2D eigenvalue weighted by molar-refractivity contribution is 0.0888. The summed E-state index contributed by atoms with van der Waals surface area (Å²) < 4.78 is 29.8. The Kier molecular flexibility index (Phi) is 11.5. The van der Waals surface area contributed by atoms with Crippen LogP contribution < -0.4 is 15.4 Å². The molecule has 0 spiro atoms. The van der Waals surface area contributed by atoms with Crippen molar-refractivity contribution in [3.8, 4) is 11.6 Å². The molecule has 1 saturated heterocycles. The van der Waals surface area contributed by atoms with Crippen LogP contribution in [0.2, 0.25) is 0 Å². The van der Waals surface area contributed by atoms with Gasteiger partial charge in [0.25, 0.3) is 0 Å². The minimum absolute atomic E-state index is 0. The Morgan fingerprint density at radius 1 is 1.29 bits per heavy atom. The Morgan fingerprint density at radius 2 is 2.19 bits per heavy atom. The summed E-state index contributed by atoms with van der Waals surface area (Å²) >= 11 is 0. The van der Waals surface area contributed by atoms with Crippen molar-refractivity contribution in [2.75, 3.05) is 40.0 Å². The zero-order chi connectivity index (χ0) is 21.0. The molecule has 9 heteroatoms. The van der Waals surface area contributed by atoms with Crippen LogP contribution in [0.5, 0.6) is 11.6 Å². The number of aliphatic imine (C=N–C) groups is 1. The van der Waals surface area contributed by atoms with E-state index in [2.05, 4.69) is 20.6 Å². The molecule has 1 unspecified atom stereocenters. The molecule has 1 aromatic carbocycles. The first-order valence-corrected chi connectivity index (χ1v) is 10.2. The van der Waals surface area contributed by atoms with Crippen LogP contribution in [0.15, 0.2) is 47.6 Å². The molecule has 2 aromatic rings. The normalized spacial score (nSPS) is 15.9. The Balaban J connectivity index is 0.00000341. The summed E-state index contributed by atoms with van der Waals surface area (Å²) in [6.45, 7) is 4.53. The van der Waals surface area contributed by atoms with Gasteiger partial charge < -0.3 is 24.8 Å². The second-order valence-electron chi connectivity index (χ2n) is 7.07. The summed E-state index contributed by atoms with van der Waals surface area (Å²) in [7, 11) is 1.74. The Morgan fingerprint density at radius 3 is 2.90 bits per heavy atom. The van der Waals surface area contributed by atoms with E-state index < -0.39 is 0 Å². The summed E-state index contributed by atoms with van der Waals surface area (Å²) in [6, 6.07) is 9.63. The molecule has 1 fully saturated rings. The highest BCUT2D eigenvalue weighted by atomic mass is 127. The van der Waals surface area contributed by atoms with E-state index in [1.807, 2.05) is 6.07 Å². The highest BCUT2D eigenvalue weighted by Gasteiger charge is 2.15. The summed E-state index contributed by atoms with van der Waals surface area (Å²) in [5.41, 5.74) is 0.978. The number of aromatic nitrogens is 1. The molecular weight excluding hydrogens is 514 g/mol. The quantitative estimate of drug-likeness (QED) is 0.206. The third-order valence-electron chi connectivity index (χ3n) is 4.64. The van der Waals surface area contributed by atoms with Gasteiger partial charge in [-0.05, 0) is 30.5 Å². The van der Waals surface area contributed by atoms with Crippen LogP contribution in [0.25, 0.3) is 0 Å². The maximum absolute atomic E-state index is 13.2. The Bertz CT molecular complexity index is 802. The van der Waals surface area contributed by atoms with Crippen molar-refractivity contribution in [3.05, 3.63) is 54.0 Å². The average molecular weight is 544 g/mol. The Hall–Kier alpha value is -1.98. The fraction of sp³-hybridized carbons (Fsp3) is 0.455. The van der Waals surface area contributed by atoms with E-state index >= 15 is 0 Å². The van der Waals surface area contributed by atoms with Gasteiger partial charge in [0, 0.05) is 57.6 Å². The molecule has 170 valence electrons. The molecule has 2 heterocycles. The molecule has 0 aliphatic carbocycles. The lowest BCUT2D eigenvalue weighted by atomic mass is 10.1. The molecule has 31 heavy (non-hydrogen) atoms. The minimum Gasteiger partial charge on any atom is -0.439 e. The van der Waals surface area contributed by atoms with E-state index in [9.17, 15) is 4.39 Å². The maximum Gasteiger partial charge on any atom is 0.219 e. The van der Waals surface area contributed by atoms with E-state index in [0.717, 1.165) is 57.3 Å². The Labute approximate surface area is 199 Å². The highest BCUT2D eigenvalue weighted by Crippen LogP contribution is 2.20. The number of guanidine groups is 1. The summed E-state index contributed by atoms with van der Waals surface area (Å²) in [5.74, 6) is 1.75. The van der Waals surface area contributed by atoms with E-state index in [1.54, 1.807) is 31.4 Å². The average Bonchev–Trinajstić information content (AvgIpc) is 3.27. The number of pyridine rings is 1. The molecule has 1 atom stereocenters. The van der Waals surface area contributed by atoms with Crippen LogP contribution in [0.3, 0.4) is 0 Å². The lowest BCUT2D eigenvalue weighted by Crippen LogP contribution is -2.37. The molecule has 0 radical (unpaired) electrons. The van der Waals surface area contributed by atoms with Gasteiger partial charge in [-0.1, -0.05) is 12.1 Å². The molecule has 2 N–H and O–H groups in total. The van der Waals surface area contributed by atoms with E-state index in [1.165, 1.54) is 12.1 Å². The van der Waals surface area contributed by atoms with E-state index in [0.29, 0.717) is 24.1 Å². The van der Waals surface area contributed by atoms with Crippen LogP contribution in [-0.4, -0.2) is 51.0 Å². The SMILES string of the molecule is CN=C(NCCCOCC1CCOC1)NCc1ccc(Oc2cccc(F)c2)nc1.I. The fourth-order valence-electron chi connectivity index (χ4n) is 2.98. The molecular formula is C22H30FIN4O3. The van der Waals surface area contributed by atoms with Gasteiger partial charge in [-0.15, -0.1) is 24.0 Å². The predicted octanol–water partition coefficient (Wildman–Crippen LogP) is 3.74. The number of nitrogens with zero attached hydrogens (tertiary/aromatic N) is 2. The van der Waals surface area contributed by atoms with Crippen molar-refractivity contribution >= 4 is 29.9 Å². The number of hydrogen-bond acceptors (Lipinski definition) is 5. The molecule has 7 nitrogen and oxygen atoms in total. The monoisotopic (exact) mass is 544 g/mol. The van der Waals surface area contributed by atoms with Gasteiger partial charge in [0.1, 0.15) is 11.6 Å². The van der Waals surface area contributed by atoms with Crippen LogP contribution in [0.4, 0.5) is 4.39 Å². The number of hydrogen-bond donors (Lipinski definition) is 2. The number of ether oxygens (including phenoxy) is 3. The third-order valence-corrected chi connectivity index (χ3v) is 4.64. The summed E-state index contributed by atoms with van der Waals surface area (Å²) in [6.07, 6.45) is 3.72. The molecule has 3 rings (SSSR count). The summed E-state index contributed by atoms with van der Waals surface area (Å²) in [5, 5.41) is 6.52. The van der Waals surface area contributed by atoms with Gasteiger partial charge in [0.05, 0.1) is 13.2 Å². The first kappa shape index (κ1) is 25.3. The van der Waals surface area contributed by atoms with Gasteiger partial charge in [-0.2, -0.15) is 0 Å². The van der Waals surface area contributed by atoms with Crippen LogP contribution in [0.1, 0.15) is 18.4 Å². The van der Waals surface area contributed by atoms with Crippen molar-refractivity contribution in [3.63, 3.8) is 0 Å². The van der Waals surface area contributed by atoms with E-state index in [-0.39, 0.29) is 29.8 Å².